The maximum absolute atomic E-state index is 12.2. The van der Waals surface area contributed by atoms with Crippen LogP contribution in [0.3, 0.4) is 0 Å². The number of piperazine rings is 1. The van der Waals surface area contributed by atoms with Gasteiger partial charge in [0.05, 0.1) is 6.21 Å². The van der Waals surface area contributed by atoms with Gasteiger partial charge in [0.25, 0.3) is 11.5 Å². The molecule has 1 aliphatic rings. The van der Waals surface area contributed by atoms with Gasteiger partial charge >= 0.3 is 0 Å². The smallest absolute Gasteiger partial charge is 0.267 e. The largest absolute Gasteiger partial charge is 0.368 e. The van der Waals surface area contributed by atoms with Crippen LogP contribution in [0.5, 0.6) is 0 Å². The van der Waals surface area contributed by atoms with Crippen molar-refractivity contribution in [3.63, 3.8) is 0 Å². The molecule has 32 heavy (non-hydrogen) atoms. The molecule has 1 fully saturated rings. The number of carbonyl (C=O) groups is 1. The lowest BCUT2D eigenvalue weighted by molar-refractivity contribution is -0.121. The van der Waals surface area contributed by atoms with Gasteiger partial charge in [0.15, 0.2) is 0 Å². The van der Waals surface area contributed by atoms with Gasteiger partial charge in [0.2, 0.25) is 0 Å². The highest BCUT2D eigenvalue weighted by atomic mass is 35.5. The van der Waals surface area contributed by atoms with Crippen molar-refractivity contribution in [3.05, 3.63) is 87.7 Å². The molecule has 1 saturated heterocycles. The van der Waals surface area contributed by atoms with Crippen LogP contribution in [0.2, 0.25) is 5.02 Å². The maximum Gasteiger partial charge on any atom is 0.267 e. The highest BCUT2D eigenvalue weighted by molar-refractivity contribution is 6.30. The number of amides is 1. The quantitative estimate of drug-likeness (QED) is 0.460. The minimum absolute atomic E-state index is 0.207. The summed E-state index contributed by atoms with van der Waals surface area (Å²) in [4.78, 5) is 28.8. The van der Waals surface area contributed by atoms with Crippen LogP contribution in [-0.2, 0) is 11.3 Å². The molecule has 1 aromatic heterocycles. The lowest BCUT2D eigenvalue weighted by atomic mass is 10.2. The van der Waals surface area contributed by atoms with Crippen molar-refractivity contribution >= 4 is 35.2 Å². The van der Waals surface area contributed by atoms with Crippen LogP contribution in [-0.4, -0.2) is 48.1 Å². The third-order valence-electron chi connectivity index (χ3n) is 5.13. The Balaban J connectivity index is 1.36. The summed E-state index contributed by atoms with van der Waals surface area (Å²) in [6.07, 6.45) is 1.55. The van der Waals surface area contributed by atoms with Crippen molar-refractivity contribution in [2.45, 2.75) is 6.54 Å². The SMILES string of the molecule is O=C(Cn1nc(N2CCN(c3cccc(Cl)c3)CC2)ccc1=O)N/N=C/c1ccccc1. The Morgan fingerprint density at radius 2 is 1.75 bits per heavy atom. The number of hydrogen-bond donors (Lipinski definition) is 1. The summed E-state index contributed by atoms with van der Waals surface area (Å²) in [5.74, 6) is 0.241. The lowest BCUT2D eigenvalue weighted by Gasteiger charge is -2.36. The summed E-state index contributed by atoms with van der Waals surface area (Å²) < 4.78 is 1.16. The van der Waals surface area contributed by atoms with Gasteiger partial charge in [-0.2, -0.15) is 10.2 Å². The summed E-state index contributed by atoms with van der Waals surface area (Å²) in [6.45, 7) is 2.88. The van der Waals surface area contributed by atoms with Gasteiger partial charge in [0.1, 0.15) is 12.4 Å². The Kier molecular flexibility index (Phi) is 6.81. The molecule has 2 aromatic carbocycles. The standard InChI is InChI=1S/C23H23ClN6O2/c24-19-7-4-8-20(15-19)28-11-13-29(14-12-28)21-9-10-23(32)30(27-21)17-22(31)26-25-16-18-5-2-1-3-6-18/h1-10,15-16H,11-14,17H2,(H,26,31)/b25-16+. The van der Waals surface area contributed by atoms with E-state index in [0.717, 1.165) is 42.1 Å². The first kappa shape index (κ1) is 21.6. The first-order chi connectivity index (χ1) is 15.6. The predicted molar refractivity (Wildman–Crippen MR) is 127 cm³/mol. The molecule has 3 aromatic rings. The summed E-state index contributed by atoms with van der Waals surface area (Å²) in [6, 6.07) is 20.3. The predicted octanol–water partition coefficient (Wildman–Crippen LogP) is 2.37. The molecule has 8 nitrogen and oxygen atoms in total. The Hall–Kier alpha value is -3.65. The van der Waals surface area contributed by atoms with E-state index in [9.17, 15) is 9.59 Å². The molecule has 0 radical (unpaired) electrons. The van der Waals surface area contributed by atoms with Crippen molar-refractivity contribution in [1.82, 2.24) is 15.2 Å². The monoisotopic (exact) mass is 450 g/mol. The number of halogens is 1. The van der Waals surface area contributed by atoms with E-state index in [4.69, 9.17) is 11.6 Å². The number of rotatable bonds is 6. The van der Waals surface area contributed by atoms with E-state index in [0.29, 0.717) is 10.8 Å². The molecule has 4 rings (SSSR count). The fourth-order valence-corrected chi connectivity index (χ4v) is 3.66. The van der Waals surface area contributed by atoms with Gasteiger partial charge in [-0.1, -0.05) is 48.0 Å². The molecule has 9 heteroatoms. The average molecular weight is 451 g/mol. The molecule has 0 aliphatic carbocycles. The second kappa shape index (κ2) is 10.1. The summed E-state index contributed by atoms with van der Waals surface area (Å²) in [5.41, 5.74) is 4.04. The zero-order chi connectivity index (χ0) is 22.3. The Morgan fingerprint density at radius 3 is 2.50 bits per heavy atom. The van der Waals surface area contributed by atoms with E-state index in [2.05, 4.69) is 25.4 Å². The lowest BCUT2D eigenvalue weighted by Crippen LogP contribution is -2.47. The highest BCUT2D eigenvalue weighted by Gasteiger charge is 2.19. The van der Waals surface area contributed by atoms with Crippen LogP contribution in [0.1, 0.15) is 5.56 Å². The fraction of sp³-hybridized carbons (Fsp3) is 0.217. The van der Waals surface area contributed by atoms with E-state index >= 15 is 0 Å². The molecule has 164 valence electrons. The minimum atomic E-state index is -0.422. The Morgan fingerprint density at radius 1 is 1.00 bits per heavy atom. The van der Waals surface area contributed by atoms with E-state index in [1.807, 2.05) is 54.6 Å². The Labute approximate surface area is 190 Å². The van der Waals surface area contributed by atoms with Crippen molar-refractivity contribution in [2.24, 2.45) is 5.10 Å². The number of benzene rings is 2. The molecular weight excluding hydrogens is 428 g/mol. The van der Waals surface area contributed by atoms with Crippen molar-refractivity contribution in [3.8, 4) is 0 Å². The number of nitrogens with zero attached hydrogens (tertiary/aromatic N) is 5. The van der Waals surface area contributed by atoms with Crippen molar-refractivity contribution in [1.29, 1.82) is 0 Å². The van der Waals surface area contributed by atoms with E-state index < -0.39 is 5.91 Å². The third-order valence-corrected chi connectivity index (χ3v) is 5.36. The van der Waals surface area contributed by atoms with Crippen molar-refractivity contribution < 1.29 is 4.79 Å². The van der Waals surface area contributed by atoms with Crippen LogP contribution in [0.25, 0.3) is 0 Å². The van der Waals surface area contributed by atoms with Gasteiger partial charge in [-0.15, -0.1) is 0 Å². The van der Waals surface area contributed by atoms with Crippen molar-refractivity contribution in [2.75, 3.05) is 36.0 Å². The minimum Gasteiger partial charge on any atom is -0.368 e. The molecule has 1 aliphatic heterocycles. The van der Waals surface area contributed by atoms with E-state index in [1.54, 1.807) is 12.3 Å². The molecule has 1 amide bonds. The average Bonchev–Trinajstić information content (AvgIpc) is 2.81. The normalized spacial score (nSPS) is 14.0. The molecule has 1 N–H and O–H groups in total. The molecular formula is C23H23ClN6O2. The molecule has 2 heterocycles. The first-order valence-electron chi connectivity index (χ1n) is 10.3. The zero-order valence-electron chi connectivity index (χ0n) is 17.4. The maximum atomic E-state index is 12.2. The molecule has 0 atom stereocenters. The van der Waals surface area contributed by atoms with Crippen LogP contribution in [0.4, 0.5) is 11.5 Å². The van der Waals surface area contributed by atoms with Gasteiger partial charge < -0.3 is 9.80 Å². The summed E-state index contributed by atoms with van der Waals surface area (Å²) in [5, 5.41) is 9.03. The van der Waals surface area contributed by atoms with Gasteiger partial charge in [-0.3, -0.25) is 9.59 Å². The van der Waals surface area contributed by atoms with Gasteiger partial charge in [-0.05, 0) is 29.8 Å². The molecule has 0 saturated carbocycles. The number of carbonyl (C=O) groups excluding carboxylic acids is 1. The second-order valence-electron chi connectivity index (χ2n) is 7.35. The number of anilines is 2. The van der Waals surface area contributed by atoms with Gasteiger partial charge in [0, 0.05) is 43.0 Å². The van der Waals surface area contributed by atoms with Crippen LogP contribution in [0.15, 0.2) is 76.6 Å². The summed E-state index contributed by atoms with van der Waals surface area (Å²) >= 11 is 6.10. The van der Waals surface area contributed by atoms with Gasteiger partial charge in [-0.25, -0.2) is 10.1 Å². The second-order valence-corrected chi connectivity index (χ2v) is 7.78. The molecule has 0 unspecified atom stereocenters. The van der Waals surface area contributed by atoms with Crippen LogP contribution < -0.4 is 20.8 Å². The first-order valence-corrected chi connectivity index (χ1v) is 10.7. The molecule has 0 bridgehead atoms. The Bertz CT molecular complexity index is 1160. The number of nitrogens with one attached hydrogen (secondary N) is 1. The summed E-state index contributed by atoms with van der Waals surface area (Å²) in [7, 11) is 0. The van der Waals surface area contributed by atoms with Crippen LogP contribution >= 0.6 is 11.6 Å². The number of aromatic nitrogens is 2. The highest BCUT2D eigenvalue weighted by Crippen LogP contribution is 2.22. The van der Waals surface area contributed by atoms with E-state index in [-0.39, 0.29) is 12.1 Å². The number of hydrazone groups is 1. The van der Waals surface area contributed by atoms with Crippen LogP contribution in [0, 0.1) is 0 Å². The number of hydrogen-bond acceptors (Lipinski definition) is 6. The fourth-order valence-electron chi connectivity index (χ4n) is 3.48. The zero-order valence-corrected chi connectivity index (χ0v) is 18.2. The van der Waals surface area contributed by atoms with E-state index in [1.165, 1.54) is 6.07 Å². The molecule has 0 spiro atoms. The topological polar surface area (TPSA) is 82.8 Å². The third kappa shape index (κ3) is 5.53.